The zero-order chi connectivity index (χ0) is 18.7. The molecule has 1 N–H and O–H groups in total. The maximum atomic E-state index is 13.5. The molecular formula is C17H15ClFN5O2. The Morgan fingerprint density at radius 3 is 2.73 bits per heavy atom. The monoisotopic (exact) mass is 375 g/mol. The topological polar surface area (TPSA) is 81.8 Å². The highest BCUT2D eigenvalue weighted by Crippen LogP contribution is 2.16. The van der Waals surface area contributed by atoms with E-state index >= 15 is 0 Å². The highest BCUT2D eigenvalue weighted by molar-refractivity contribution is 6.32. The molecule has 0 saturated heterocycles. The molecule has 0 saturated carbocycles. The molecule has 0 aliphatic rings. The van der Waals surface area contributed by atoms with Crippen molar-refractivity contribution in [3.8, 4) is 5.69 Å². The van der Waals surface area contributed by atoms with Crippen LogP contribution in [0.4, 0.5) is 4.39 Å². The van der Waals surface area contributed by atoms with Crippen LogP contribution in [-0.2, 0) is 17.9 Å². The Balaban J connectivity index is 1.68. The molecule has 0 radical (unpaired) electrons. The van der Waals surface area contributed by atoms with E-state index in [9.17, 15) is 14.0 Å². The van der Waals surface area contributed by atoms with Crippen molar-refractivity contribution in [3.05, 3.63) is 74.9 Å². The van der Waals surface area contributed by atoms with Crippen LogP contribution in [0.5, 0.6) is 0 Å². The van der Waals surface area contributed by atoms with Gasteiger partial charge in [0.2, 0.25) is 5.91 Å². The summed E-state index contributed by atoms with van der Waals surface area (Å²) < 4.78 is 15.5. The van der Waals surface area contributed by atoms with Gasteiger partial charge < -0.3 is 5.32 Å². The number of aryl methyl sites for hydroxylation is 1. The lowest BCUT2D eigenvalue weighted by Crippen LogP contribution is -2.33. The maximum absolute atomic E-state index is 13.5. The first kappa shape index (κ1) is 17.8. The van der Waals surface area contributed by atoms with Crippen molar-refractivity contribution >= 4 is 17.5 Å². The number of nitrogens with zero attached hydrogens (tertiary/aromatic N) is 4. The lowest BCUT2D eigenvalue weighted by atomic mass is 10.1. The fourth-order valence-corrected chi connectivity index (χ4v) is 2.50. The van der Waals surface area contributed by atoms with E-state index < -0.39 is 11.6 Å². The minimum absolute atomic E-state index is 0.142. The fourth-order valence-electron chi connectivity index (χ4n) is 2.29. The minimum Gasteiger partial charge on any atom is -0.350 e. The highest BCUT2D eigenvalue weighted by Gasteiger charge is 2.14. The van der Waals surface area contributed by atoms with Gasteiger partial charge in [-0.05, 0) is 46.7 Å². The summed E-state index contributed by atoms with van der Waals surface area (Å²) in [7, 11) is 0. The number of hydrogen-bond acceptors (Lipinski definition) is 4. The molecule has 2 aromatic carbocycles. The van der Waals surface area contributed by atoms with Gasteiger partial charge in [0.25, 0.3) is 0 Å². The predicted octanol–water partition coefficient (Wildman–Crippen LogP) is 1.85. The molecule has 1 aromatic heterocycles. The largest absolute Gasteiger partial charge is 0.369 e. The SMILES string of the molecule is Cc1ccc(CNC(=O)Cn2nnn(-c3ccccc3Cl)c2=O)cc1F. The zero-order valence-electron chi connectivity index (χ0n) is 13.8. The number of nitrogens with one attached hydrogen (secondary N) is 1. The van der Waals surface area contributed by atoms with Crippen molar-refractivity contribution in [1.82, 2.24) is 25.1 Å². The molecule has 3 rings (SSSR count). The Labute approximate surface area is 153 Å². The van der Waals surface area contributed by atoms with Gasteiger partial charge in [0.15, 0.2) is 0 Å². The lowest BCUT2D eigenvalue weighted by molar-refractivity contribution is -0.122. The molecule has 0 unspecified atom stereocenters. The predicted molar refractivity (Wildman–Crippen MR) is 93.6 cm³/mol. The zero-order valence-corrected chi connectivity index (χ0v) is 14.6. The molecular weight excluding hydrogens is 361 g/mol. The van der Waals surface area contributed by atoms with Crippen LogP contribution in [0.2, 0.25) is 5.02 Å². The highest BCUT2D eigenvalue weighted by atomic mass is 35.5. The summed E-state index contributed by atoms with van der Waals surface area (Å²) in [5.74, 6) is -0.782. The normalized spacial score (nSPS) is 10.7. The third-order valence-electron chi connectivity index (χ3n) is 3.74. The maximum Gasteiger partial charge on any atom is 0.369 e. The third kappa shape index (κ3) is 3.80. The lowest BCUT2D eigenvalue weighted by Gasteiger charge is -2.06. The van der Waals surface area contributed by atoms with E-state index in [0.717, 1.165) is 9.36 Å². The van der Waals surface area contributed by atoms with Crippen LogP contribution in [0.15, 0.2) is 47.3 Å². The standard InChI is InChI=1S/C17H15ClFN5O2/c1-11-6-7-12(8-14(11)19)9-20-16(25)10-23-17(26)24(22-21-23)15-5-3-2-4-13(15)18/h2-8H,9-10H2,1H3,(H,20,25). The third-order valence-corrected chi connectivity index (χ3v) is 4.06. The number of carbonyl (C=O) groups is 1. The Morgan fingerprint density at radius 1 is 1.23 bits per heavy atom. The van der Waals surface area contributed by atoms with Gasteiger partial charge >= 0.3 is 5.69 Å². The Bertz CT molecular complexity index is 1010. The van der Waals surface area contributed by atoms with E-state index in [1.54, 1.807) is 43.3 Å². The second-order valence-electron chi connectivity index (χ2n) is 5.64. The molecule has 26 heavy (non-hydrogen) atoms. The number of aromatic nitrogens is 4. The van der Waals surface area contributed by atoms with Gasteiger partial charge in [0, 0.05) is 6.54 Å². The molecule has 0 aliphatic carbocycles. The summed E-state index contributed by atoms with van der Waals surface area (Å²) >= 11 is 6.04. The van der Waals surface area contributed by atoms with Crippen molar-refractivity contribution in [3.63, 3.8) is 0 Å². The van der Waals surface area contributed by atoms with Crippen molar-refractivity contribution in [1.29, 1.82) is 0 Å². The number of benzene rings is 2. The summed E-state index contributed by atoms with van der Waals surface area (Å²) in [6, 6.07) is 11.4. The van der Waals surface area contributed by atoms with Gasteiger partial charge in [0.05, 0.1) is 10.7 Å². The first-order valence-corrected chi connectivity index (χ1v) is 8.13. The number of halogens is 2. The summed E-state index contributed by atoms with van der Waals surface area (Å²) in [5.41, 5.74) is 0.937. The van der Waals surface area contributed by atoms with Crippen molar-refractivity contribution in [2.45, 2.75) is 20.0 Å². The summed E-state index contributed by atoms with van der Waals surface area (Å²) in [6.45, 7) is 1.49. The first-order chi connectivity index (χ1) is 12.5. The summed E-state index contributed by atoms with van der Waals surface area (Å²) in [6.07, 6.45) is 0. The van der Waals surface area contributed by atoms with E-state index in [4.69, 9.17) is 11.6 Å². The molecule has 0 atom stereocenters. The van der Waals surface area contributed by atoms with E-state index in [1.807, 2.05) is 0 Å². The molecule has 134 valence electrons. The van der Waals surface area contributed by atoms with Gasteiger partial charge in [-0.1, -0.05) is 35.9 Å². The van der Waals surface area contributed by atoms with Crippen molar-refractivity contribution in [2.75, 3.05) is 0 Å². The number of tetrazole rings is 1. The second-order valence-corrected chi connectivity index (χ2v) is 6.05. The molecule has 0 aliphatic heterocycles. The van der Waals surface area contributed by atoms with Crippen LogP contribution in [-0.4, -0.2) is 25.7 Å². The molecule has 0 spiro atoms. The molecule has 1 heterocycles. The Morgan fingerprint density at radius 2 is 2.00 bits per heavy atom. The van der Waals surface area contributed by atoms with Crippen LogP contribution >= 0.6 is 11.6 Å². The summed E-state index contributed by atoms with van der Waals surface area (Å²) in [4.78, 5) is 24.4. The number of amides is 1. The quantitative estimate of drug-likeness (QED) is 0.737. The van der Waals surface area contributed by atoms with Crippen LogP contribution in [0.1, 0.15) is 11.1 Å². The average Bonchev–Trinajstić information content (AvgIpc) is 2.97. The number of hydrogen-bond donors (Lipinski definition) is 1. The van der Waals surface area contributed by atoms with Gasteiger partial charge in [-0.15, -0.1) is 0 Å². The summed E-state index contributed by atoms with van der Waals surface area (Å²) in [5, 5.41) is 10.4. The van der Waals surface area contributed by atoms with Crippen molar-refractivity contribution < 1.29 is 9.18 Å². The van der Waals surface area contributed by atoms with Crippen LogP contribution in [0.3, 0.4) is 0 Å². The van der Waals surface area contributed by atoms with E-state index in [2.05, 4.69) is 15.7 Å². The number of rotatable bonds is 5. The average molecular weight is 376 g/mol. The van der Waals surface area contributed by atoms with Crippen LogP contribution in [0, 0.1) is 12.7 Å². The van der Waals surface area contributed by atoms with Gasteiger partial charge in [-0.2, -0.15) is 9.36 Å². The molecule has 9 heteroatoms. The van der Waals surface area contributed by atoms with Gasteiger partial charge in [-0.25, -0.2) is 9.18 Å². The molecule has 1 amide bonds. The van der Waals surface area contributed by atoms with Crippen molar-refractivity contribution in [2.24, 2.45) is 0 Å². The van der Waals surface area contributed by atoms with Crippen LogP contribution < -0.4 is 11.0 Å². The molecule has 3 aromatic rings. The smallest absolute Gasteiger partial charge is 0.350 e. The first-order valence-electron chi connectivity index (χ1n) is 7.75. The molecule has 0 fully saturated rings. The van der Waals surface area contributed by atoms with Gasteiger partial charge in [-0.3, -0.25) is 4.79 Å². The number of para-hydroxylation sites is 1. The van der Waals surface area contributed by atoms with E-state index in [-0.39, 0.29) is 18.9 Å². The van der Waals surface area contributed by atoms with Gasteiger partial charge in [0.1, 0.15) is 12.4 Å². The van der Waals surface area contributed by atoms with Crippen LogP contribution in [0.25, 0.3) is 5.69 Å². The second kappa shape index (κ2) is 7.49. The minimum atomic E-state index is -0.588. The van der Waals surface area contributed by atoms with E-state index in [1.165, 1.54) is 6.07 Å². The van der Waals surface area contributed by atoms with E-state index in [0.29, 0.717) is 21.8 Å². The number of carbonyl (C=O) groups excluding carboxylic acids is 1. The fraction of sp³-hybridized carbons (Fsp3) is 0.176. The molecule has 0 bridgehead atoms. The Kier molecular flexibility index (Phi) is 5.13. The Hall–Kier alpha value is -3.00. The molecule has 7 nitrogen and oxygen atoms in total.